The van der Waals surface area contributed by atoms with Gasteiger partial charge in [-0.05, 0) is 0 Å². The fourth-order valence-corrected chi connectivity index (χ4v) is 0. The van der Waals surface area contributed by atoms with Gasteiger partial charge in [0.2, 0.25) is 0 Å². The van der Waals surface area contributed by atoms with E-state index in [4.69, 9.17) is 0 Å². The van der Waals surface area contributed by atoms with Crippen LogP contribution >= 0.6 is 0 Å². The van der Waals surface area contributed by atoms with E-state index in [1.54, 1.807) is 0 Å². The quantitative estimate of drug-likeness (QED) is 0.291. The van der Waals surface area contributed by atoms with Crippen molar-refractivity contribution in [3.8, 4) is 0 Å². The van der Waals surface area contributed by atoms with Crippen LogP contribution in [0.5, 0.6) is 0 Å². The Morgan fingerprint density at radius 2 is 0.158 bits per heavy atom. The maximum atomic E-state index is 0. The predicted molar refractivity (Wildman–Crippen MR) is 23.2 cm³/mol. The molecular weight excluding hydrogens is 539 g/mol. The van der Waals surface area contributed by atoms with Gasteiger partial charge in [0.1, 0.15) is 0 Å². The van der Waals surface area contributed by atoms with Crippen LogP contribution in [-0.2, 0) is 139 Å². The first-order valence-corrected chi connectivity index (χ1v) is 0. The number of rotatable bonds is 0. The number of hydrogen-bond donors (Lipinski definition) is 0. The zero-order valence-corrected chi connectivity index (χ0v) is 18.9. The summed E-state index contributed by atoms with van der Waals surface area (Å²) in [5.74, 6) is 0. The fourth-order valence-electron chi connectivity index (χ4n) is 0. The molecule has 12 N–H and O–H groups in total. The maximum Gasteiger partial charge on any atom is 0 e. The van der Waals surface area contributed by atoms with Crippen LogP contribution in [0.15, 0.2) is 0 Å². The minimum Gasteiger partial charge on any atom is -0.870 e. The van der Waals surface area contributed by atoms with Crippen molar-refractivity contribution in [1.29, 1.82) is 0 Å². The average Bonchev–Trinajstić information content (AvgIpc) is 0. The van der Waals surface area contributed by atoms with Crippen LogP contribution in [0.3, 0.4) is 0 Å². The van der Waals surface area contributed by atoms with Crippen LogP contribution in [0.4, 0.5) is 0 Å². The minimum atomic E-state index is 0. The molecule has 0 rings (SSSR count). The smallest absolute Gasteiger partial charge is 0 e. The summed E-state index contributed by atoms with van der Waals surface area (Å²) >= 11 is 0. The molecule has 0 saturated heterocycles. The normalized spacial score (nSPS) is 0. The van der Waals surface area contributed by atoms with Gasteiger partial charge >= 0.3 is 0 Å². The van der Waals surface area contributed by atoms with Gasteiger partial charge in [0, 0.05) is 139 Å². The van der Waals surface area contributed by atoms with E-state index in [9.17, 15) is 0 Å². The first-order chi connectivity index (χ1) is 0. The van der Waals surface area contributed by atoms with Crippen molar-refractivity contribution in [3.05, 3.63) is 0 Å². The minimum absolute atomic E-state index is 0. The molecule has 0 aromatic rings. The molecule has 0 heterocycles. The molecule has 0 spiro atoms. The Morgan fingerprint density at radius 3 is 0.158 bits per heavy atom. The van der Waals surface area contributed by atoms with Gasteiger partial charge in [0.15, 0.2) is 0 Å². The molecule has 0 saturated carbocycles. The van der Waals surface area contributed by atoms with Gasteiger partial charge in [-0.25, -0.2) is 0 Å². The van der Waals surface area contributed by atoms with Gasteiger partial charge in [0.25, 0.3) is 0 Å². The molecule has 4 radical (unpaired) electrons. The van der Waals surface area contributed by atoms with Gasteiger partial charge in [-0.2, -0.15) is 0 Å². The molecule has 12 nitrogen and oxygen atoms in total. The van der Waals surface area contributed by atoms with Crippen molar-refractivity contribution in [2.45, 2.75) is 0 Å². The Hall–Kier alpha value is 4.00. The van der Waals surface area contributed by atoms with Crippen LogP contribution in [0.1, 0.15) is 0 Å². The van der Waals surface area contributed by atoms with Crippen molar-refractivity contribution >= 4 is 0 Å². The second-order valence-corrected chi connectivity index (χ2v) is 0. The van der Waals surface area contributed by atoms with Gasteiger partial charge in [-0.1, -0.05) is 0 Å². The summed E-state index contributed by atoms with van der Waals surface area (Å²) in [5.41, 5.74) is 0. The van der Waals surface area contributed by atoms with Crippen molar-refractivity contribution in [1.82, 2.24) is 0 Å². The topological polar surface area (TPSA) is 360 Å². The van der Waals surface area contributed by atoms with Crippen molar-refractivity contribution < 1.29 is 205 Å². The molecular formula is H12O12Ti3V4-12. The van der Waals surface area contributed by atoms with E-state index in [0.717, 1.165) is 0 Å². The van der Waals surface area contributed by atoms with Gasteiger partial charge in [-0.3, -0.25) is 0 Å². The summed E-state index contributed by atoms with van der Waals surface area (Å²) in [5, 5.41) is 0. The molecule has 19 heteroatoms. The second kappa shape index (κ2) is 606. The summed E-state index contributed by atoms with van der Waals surface area (Å²) in [6.07, 6.45) is 0. The molecule has 0 bridgehead atoms. The molecule has 19 heavy (non-hydrogen) atoms. The zero-order chi connectivity index (χ0) is 0. The van der Waals surface area contributed by atoms with E-state index in [0.29, 0.717) is 0 Å². The predicted octanol–water partition coefficient (Wildman–Crippen LogP) is -2.14. The van der Waals surface area contributed by atoms with E-state index in [1.807, 2.05) is 0 Å². The summed E-state index contributed by atoms with van der Waals surface area (Å²) in [7, 11) is 0. The van der Waals surface area contributed by atoms with Crippen LogP contribution in [-0.4, -0.2) is 65.7 Å². The van der Waals surface area contributed by atoms with E-state index in [1.165, 1.54) is 0 Å². The molecule has 0 aliphatic rings. The molecule has 0 unspecified atom stereocenters. The van der Waals surface area contributed by atoms with Gasteiger partial charge in [0.05, 0.1) is 0 Å². The van der Waals surface area contributed by atoms with E-state index >= 15 is 0 Å². The SMILES string of the molecule is [OH-].[OH-].[OH-].[OH-].[OH-].[OH-].[OH-].[OH-].[OH-].[OH-].[OH-].[OH-].[Ti].[Ti].[Ti].[V].[V].[V].[V]. The summed E-state index contributed by atoms with van der Waals surface area (Å²) < 4.78 is 0. The summed E-state index contributed by atoms with van der Waals surface area (Å²) in [6, 6.07) is 0. The molecule has 0 aliphatic heterocycles. The molecule has 128 valence electrons. The zero-order valence-electron chi connectivity index (χ0n) is 8.66. The third kappa shape index (κ3) is 550. The molecule has 0 atom stereocenters. The third-order valence-electron chi connectivity index (χ3n) is 0. The molecule has 0 aromatic heterocycles. The second-order valence-electron chi connectivity index (χ2n) is 0. The Bertz CT molecular complexity index is 24.9. The Labute approximate surface area is 202 Å². The largest absolute Gasteiger partial charge is 0.870 e. The first-order valence-electron chi connectivity index (χ1n) is 0. The monoisotopic (exact) mass is 552 g/mol. The maximum absolute atomic E-state index is 0. The fraction of sp³-hybridized carbons (Fsp3) is 0. The molecule has 0 fully saturated rings. The van der Waals surface area contributed by atoms with E-state index in [-0.39, 0.29) is 205 Å². The van der Waals surface area contributed by atoms with Crippen LogP contribution < -0.4 is 0 Å². The molecule has 0 amide bonds. The van der Waals surface area contributed by atoms with Gasteiger partial charge in [-0.15, -0.1) is 0 Å². The average molecular weight is 551 g/mol. The van der Waals surface area contributed by atoms with Crippen LogP contribution in [0, 0.1) is 0 Å². The molecule has 0 aliphatic carbocycles. The number of hydrogen-bond acceptors (Lipinski definition) is 12. The van der Waals surface area contributed by atoms with Crippen LogP contribution in [0.2, 0.25) is 0 Å². The Balaban J connectivity index is 0. The van der Waals surface area contributed by atoms with E-state index in [2.05, 4.69) is 0 Å². The summed E-state index contributed by atoms with van der Waals surface area (Å²) in [6.45, 7) is 0. The first kappa shape index (κ1) is 696. The van der Waals surface area contributed by atoms with Crippen molar-refractivity contribution in [3.63, 3.8) is 0 Å². The Kier molecular flexibility index (Phi) is 22200. The van der Waals surface area contributed by atoms with Crippen molar-refractivity contribution in [2.24, 2.45) is 0 Å². The third-order valence-corrected chi connectivity index (χ3v) is 0. The standard InChI is InChI=1S/12H2O.3Ti.4V/h12*1H2;;;;;;;/p-12. The van der Waals surface area contributed by atoms with Crippen LogP contribution in [0.25, 0.3) is 0 Å². The molecule has 0 aromatic carbocycles. The van der Waals surface area contributed by atoms with Crippen molar-refractivity contribution in [2.75, 3.05) is 0 Å². The Morgan fingerprint density at radius 1 is 0.158 bits per heavy atom. The van der Waals surface area contributed by atoms with E-state index < -0.39 is 0 Å². The summed E-state index contributed by atoms with van der Waals surface area (Å²) in [4.78, 5) is 0. The van der Waals surface area contributed by atoms with Gasteiger partial charge < -0.3 is 65.7 Å².